The van der Waals surface area contributed by atoms with Crippen LogP contribution in [0, 0.1) is 6.07 Å². The third-order valence-corrected chi connectivity index (χ3v) is 5.68. The Morgan fingerprint density at radius 2 is 1.65 bits per heavy atom. The molecule has 0 fully saturated rings. The number of benzene rings is 3. The number of aromatic nitrogens is 1. The van der Waals surface area contributed by atoms with Gasteiger partial charge in [-0.25, -0.2) is 0 Å². The molecule has 0 unspecified atom stereocenters. The number of aliphatic hydroxyl groups excluding tert-OH is 1. The van der Waals surface area contributed by atoms with Crippen LogP contribution in [0.5, 0.6) is 0 Å². The van der Waals surface area contributed by atoms with Gasteiger partial charge < -0.3 is 5.11 Å². The normalized spacial score (nSPS) is 12.5. The van der Waals surface area contributed by atoms with Crippen molar-refractivity contribution in [3.05, 3.63) is 101 Å². The van der Waals surface area contributed by atoms with Gasteiger partial charge in [-0.3, -0.25) is 14.6 Å². The number of fused-ring (bicyclic) bond motifs is 3. The molecule has 0 amide bonds. The second-order valence-electron chi connectivity index (χ2n) is 8.12. The van der Waals surface area contributed by atoms with E-state index in [4.69, 9.17) is 10.1 Å². The van der Waals surface area contributed by atoms with E-state index in [9.17, 15) is 9.59 Å². The van der Waals surface area contributed by atoms with Gasteiger partial charge in [0.25, 0.3) is 0 Å². The van der Waals surface area contributed by atoms with Crippen molar-refractivity contribution in [2.45, 2.75) is 13.8 Å². The number of carbonyl (C=O) groups excluding carboxylic acids is 2. The molecule has 1 heterocycles. The second kappa shape index (κ2) is 9.30. The van der Waals surface area contributed by atoms with E-state index in [1.807, 2.05) is 48.5 Å². The molecule has 169 valence electrons. The van der Waals surface area contributed by atoms with Crippen molar-refractivity contribution in [1.82, 2.24) is 4.98 Å². The summed E-state index contributed by atoms with van der Waals surface area (Å²) in [7, 11) is 0. The van der Waals surface area contributed by atoms with Crippen LogP contribution < -0.4 is 0 Å². The summed E-state index contributed by atoms with van der Waals surface area (Å²) in [4.78, 5) is 27.6. The molecular formula is C29H20IrNO3-. The van der Waals surface area contributed by atoms with Crippen molar-refractivity contribution in [2.24, 2.45) is 0 Å². The molecule has 0 spiro atoms. The van der Waals surface area contributed by atoms with Crippen LogP contribution in [0.3, 0.4) is 0 Å². The van der Waals surface area contributed by atoms with Gasteiger partial charge in [0, 0.05) is 37.1 Å². The fourth-order valence-corrected chi connectivity index (χ4v) is 4.34. The number of hydrogen-bond acceptors (Lipinski definition) is 4. The van der Waals surface area contributed by atoms with E-state index in [1.165, 1.54) is 36.4 Å². The standard InChI is InChI=1S/C24H12NO.C5H8O2.Ir/c26-24-19-6-2-1-5-17(19)18-11-10-15(12-20(18)24)22-13-16-9-8-14-4-3-7-21(25-22)23(14)16;1-4(6)3-5(2)7;/h1-9,11-13H;3,6H,1-2H3;/q-1;;/b;4-3-;. The van der Waals surface area contributed by atoms with Gasteiger partial charge in [-0.1, -0.05) is 65.7 Å². The Morgan fingerprint density at radius 1 is 0.912 bits per heavy atom. The maximum Gasteiger partial charge on any atom is 0.175 e. The number of rotatable bonds is 2. The van der Waals surface area contributed by atoms with E-state index in [2.05, 4.69) is 30.4 Å². The average Bonchev–Trinajstić information content (AvgIpc) is 3.34. The fraction of sp³-hybridized carbons (Fsp3) is 0.0690. The van der Waals surface area contributed by atoms with Gasteiger partial charge in [0.15, 0.2) is 11.6 Å². The Bertz CT molecular complexity index is 1530. The molecular weight excluding hydrogens is 603 g/mol. The number of ketones is 2. The van der Waals surface area contributed by atoms with Crippen molar-refractivity contribution in [2.75, 3.05) is 0 Å². The monoisotopic (exact) mass is 623 g/mol. The summed E-state index contributed by atoms with van der Waals surface area (Å²) in [5, 5.41) is 9.56. The number of aliphatic hydroxyl groups is 1. The minimum atomic E-state index is -0.125. The Hall–Kier alpha value is -3.66. The molecule has 1 radical (unpaired) electrons. The van der Waals surface area contributed by atoms with Crippen LogP contribution in [0.25, 0.3) is 45.4 Å². The molecule has 3 aromatic carbocycles. The van der Waals surface area contributed by atoms with E-state index in [1.54, 1.807) is 0 Å². The van der Waals surface area contributed by atoms with Crippen LogP contribution in [-0.2, 0) is 24.9 Å². The predicted octanol–water partition coefficient (Wildman–Crippen LogP) is 6.43. The molecule has 0 saturated heterocycles. The maximum atomic E-state index is 12.8. The van der Waals surface area contributed by atoms with Crippen LogP contribution in [0.15, 0.2) is 72.5 Å². The van der Waals surface area contributed by atoms with E-state index < -0.39 is 0 Å². The second-order valence-corrected chi connectivity index (χ2v) is 8.12. The van der Waals surface area contributed by atoms with E-state index in [0.717, 1.165) is 39.0 Å². The molecule has 5 heteroatoms. The number of pyridine rings is 1. The molecule has 0 atom stereocenters. The average molecular weight is 623 g/mol. The van der Waals surface area contributed by atoms with Gasteiger partial charge in [-0.15, -0.1) is 23.8 Å². The van der Waals surface area contributed by atoms with Crippen LogP contribution in [0.4, 0.5) is 0 Å². The molecule has 4 nitrogen and oxygen atoms in total. The molecule has 2 aliphatic carbocycles. The zero-order valence-corrected chi connectivity index (χ0v) is 20.9. The summed E-state index contributed by atoms with van der Waals surface area (Å²) in [5.41, 5.74) is 8.52. The molecule has 1 aromatic heterocycles. The van der Waals surface area contributed by atoms with Crippen LogP contribution in [0.2, 0.25) is 0 Å². The van der Waals surface area contributed by atoms with Gasteiger partial charge in [0.1, 0.15) is 0 Å². The maximum absolute atomic E-state index is 12.8. The summed E-state index contributed by atoms with van der Waals surface area (Å²) in [5.74, 6) is 0.0193. The molecule has 0 aliphatic heterocycles. The van der Waals surface area contributed by atoms with E-state index >= 15 is 0 Å². The summed E-state index contributed by atoms with van der Waals surface area (Å²) in [6, 6.07) is 23.2. The van der Waals surface area contributed by atoms with Gasteiger partial charge in [0.2, 0.25) is 0 Å². The molecule has 0 saturated carbocycles. The summed E-state index contributed by atoms with van der Waals surface area (Å²) < 4.78 is 0. The number of carbonyl (C=O) groups is 2. The molecule has 6 rings (SSSR count). The zero-order chi connectivity index (χ0) is 23.1. The Labute approximate surface area is 211 Å². The Balaban J connectivity index is 0.000000303. The van der Waals surface area contributed by atoms with Gasteiger partial charge in [0.05, 0.1) is 11.3 Å². The Morgan fingerprint density at radius 3 is 2.35 bits per heavy atom. The van der Waals surface area contributed by atoms with E-state index in [0.29, 0.717) is 0 Å². The van der Waals surface area contributed by atoms with E-state index in [-0.39, 0.29) is 37.4 Å². The molecule has 4 aromatic rings. The summed E-state index contributed by atoms with van der Waals surface area (Å²) in [6.07, 6.45) is 5.41. The number of hydrogen-bond donors (Lipinski definition) is 1. The van der Waals surface area contributed by atoms with Crippen molar-refractivity contribution in [1.29, 1.82) is 0 Å². The van der Waals surface area contributed by atoms with Gasteiger partial charge in [-0.2, -0.15) is 0 Å². The minimum Gasteiger partial charge on any atom is -0.512 e. The first-order chi connectivity index (χ1) is 15.9. The topological polar surface area (TPSA) is 67.3 Å². The summed E-state index contributed by atoms with van der Waals surface area (Å²) in [6.45, 7) is 2.85. The van der Waals surface area contributed by atoms with Gasteiger partial charge in [-0.05, 0) is 42.3 Å². The quantitative estimate of drug-likeness (QED) is 0.137. The first-order valence-corrected chi connectivity index (χ1v) is 10.6. The fourth-order valence-electron chi connectivity index (χ4n) is 4.34. The molecule has 34 heavy (non-hydrogen) atoms. The number of nitrogens with zero attached hydrogens (tertiary/aromatic N) is 1. The smallest absolute Gasteiger partial charge is 0.175 e. The van der Waals surface area contributed by atoms with Crippen LogP contribution >= 0.6 is 0 Å². The van der Waals surface area contributed by atoms with Crippen molar-refractivity contribution < 1.29 is 34.8 Å². The first kappa shape index (κ1) is 23.5. The predicted molar refractivity (Wildman–Crippen MR) is 131 cm³/mol. The SMILES string of the molecule is CC(=O)/C=C(/C)O.O=C1c2cc(-c3cc4c5c(cccc5n3)C=C4)[c-]cc2-c2ccccc21.[Ir]. The van der Waals surface area contributed by atoms with Crippen molar-refractivity contribution in [3.63, 3.8) is 0 Å². The third-order valence-electron chi connectivity index (χ3n) is 5.68. The van der Waals surface area contributed by atoms with Crippen LogP contribution in [0.1, 0.15) is 40.9 Å². The first-order valence-electron chi connectivity index (χ1n) is 10.6. The van der Waals surface area contributed by atoms with Crippen LogP contribution in [-0.4, -0.2) is 21.7 Å². The third kappa shape index (κ3) is 4.16. The Kier molecular flexibility index (Phi) is 6.43. The molecule has 1 N–H and O–H groups in total. The largest absolute Gasteiger partial charge is 0.512 e. The molecule has 0 bridgehead atoms. The minimum absolute atomic E-state index is 0. The van der Waals surface area contributed by atoms with Crippen molar-refractivity contribution in [3.8, 4) is 22.4 Å². The zero-order valence-electron chi connectivity index (χ0n) is 18.5. The number of allylic oxidation sites excluding steroid dienone is 2. The summed E-state index contributed by atoms with van der Waals surface area (Å²) >= 11 is 0. The van der Waals surface area contributed by atoms with Crippen molar-refractivity contribution >= 4 is 34.6 Å². The van der Waals surface area contributed by atoms with Gasteiger partial charge >= 0.3 is 0 Å². The molecule has 2 aliphatic rings.